The number of likely N-dealkylation sites (N-methyl/N-ethyl adjacent to an activating group) is 1. The SMILES string of the molecule is CN(CCNC(=O)C1CCCNCC1)S(C)(=O)=O. The normalized spacial score (nSPS) is 21.6. The molecule has 18 heavy (non-hydrogen) atoms. The zero-order valence-corrected chi connectivity index (χ0v) is 11.9. The van der Waals surface area contributed by atoms with Crippen molar-refractivity contribution in [1.82, 2.24) is 14.9 Å². The molecular weight excluding hydrogens is 254 g/mol. The molecule has 1 heterocycles. The topological polar surface area (TPSA) is 78.5 Å². The molecule has 0 aromatic carbocycles. The number of amides is 1. The van der Waals surface area contributed by atoms with Crippen molar-refractivity contribution in [2.24, 2.45) is 5.92 Å². The van der Waals surface area contributed by atoms with E-state index in [4.69, 9.17) is 0 Å². The van der Waals surface area contributed by atoms with Crippen LogP contribution >= 0.6 is 0 Å². The minimum Gasteiger partial charge on any atom is -0.355 e. The Morgan fingerprint density at radius 1 is 1.39 bits per heavy atom. The largest absolute Gasteiger partial charge is 0.355 e. The van der Waals surface area contributed by atoms with Crippen molar-refractivity contribution in [2.75, 3.05) is 39.5 Å². The van der Waals surface area contributed by atoms with Crippen molar-refractivity contribution >= 4 is 15.9 Å². The van der Waals surface area contributed by atoms with Gasteiger partial charge in [0.1, 0.15) is 0 Å². The maximum atomic E-state index is 11.9. The Kier molecular flexibility index (Phi) is 6.04. The fourth-order valence-electron chi connectivity index (χ4n) is 1.93. The van der Waals surface area contributed by atoms with Gasteiger partial charge in [-0.1, -0.05) is 0 Å². The number of nitrogens with zero attached hydrogens (tertiary/aromatic N) is 1. The van der Waals surface area contributed by atoms with Crippen molar-refractivity contribution in [1.29, 1.82) is 0 Å². The first-order valence-electron chi connectivity index (χ1n) is 6.31. The second-order valence-corrected chi connectivity index (χ2v) is 6.84. The van der Waals surface area contributed by atoms with Crippen molar-refractivity contribution in [3.63, 3.8) is 0 Å². The Hall–Kier alpha value is -0.660. The summed E-state index contributed by atoms with van der Waals surface area (Å²) >= 11 is 0. The quantitative estimate of drug-likeness (QED) is 0.702. The van der Waals surface area contributed by atoms with Crippen LogP contribution in [0.3, 0.4) is 0 Å². The van der Waals surface area contributed by atoms with Gasteiger partial charge in [-0.2, -0.15) is 0 Å². The molecule has 1 rings (SSSR count). The van der Waals surface area contributed by atoms with Crippen LogP contribution in [-0.4, -0.2) is 58.1 Å². The number of sulfonamides is 1. The standard InChI is InChI=1S/C11H23N3O3S/c1-14(18(2,16)17)9-8-13-11(15)10-4-3-6-12-7-5-10/h10,12H,3-9H2,1-2H3,(H,13,15). The summed E-state index contributed by atoms with van der Waals surface area (Å²) in [7, 11) is -1.65. The van der Waals surface area contributed by atoms with Crippen LogP contribution in [0.1, 0.15) is 19.3 Å². The van der Waals surface area contributed by atoms with Crippen LogP contribution in [0.15, 0.2) is 0 Å². The summed E-state index contributed by atoms with van der Waals surface area (Å²) in [5.74, 6) is 0.101. The maximum Gasteiger partial charge on any atom is 0.223 e. The maximum absolute atomic E-state index is 11.9. The van der Waals surface area contributed by atoms with Crippen LogP contribution in [0.5, 0.6) is 0 Å². The van der Waals surface area contributed by atoms with E-state index < -0.39 is 10.0 Å². The van der Waals surface area contributed by atoms with Gasteiger partial charge >= 0.3 is 0 Å². The van der Waals surface area contributed by atoms with Crippen LogP contribution in [-0.2, 0) is 14.8 Å². The van der Waals surface area contributed by atoms with Crippen molar-refractivity contribution in [2.45, 2.75) is 19.3 Å². The molecule has 7 heteroatoms. The van der Waals surface area contributed by atoms with E-state index in [0.717, 1.165) is 38.6 Å². The summed E-state index contributed by atoms with van der Waals surface area (Å²) in [6.45, 7) is 2.53. The molecule has 1 fully saturated rings. The number of carbonyl (C=O) groups excluding carboxylic acids is 1. The third-order valence-electron chi connectivity index (χ3n) is 3.24. The molecule has 0 spiro atoms. The number of hydrogen-bond acceptors (Lipinski definition) is 4. The second kappa shape index (κ2) is 7.06. The molecule has 0 saturated carbocycles. The zero-order chi connectivity index (χ0) is 13.6. The van der Waals surface area contributed by atoms with E-state index in [1.165, 1.54) is 11.4 Å². The second-order valence-electron chi connectivity index (χ2n) is 4.75. The molecule has 0 bridgehead atoms. The van der Waals surface area contributed by atoms with Crippen LogP contribution < -0.4 is 10.6 Å². The molecule has 1 saturated heterocycles. The van der Waals surface area contributed by atoms with E-state index in [0.29, 0.717) is 13.1 Å². The summed E-state index contributed by atoms with van der Waals surface area (Å²) in [5, 5.41) is 6.07. The third-order valence-corrected chi connectivity index (χ3v) is 4.55. The first kappa shape index (κ1) is 15.4. The molecule has 106 valence electrons. The number of rotatable bonds is 5. The summed E-state index contributed by atoms with van der Waals surface area (Å²) in [4.78, 5) is 11.9. The smallest absolute Gasteiger partial charge is 0.223 e. The Balaban J connectivity index is 2.28. The molecule has 0 aliphatic carbocycles. The molecule has 1 atom stereocenters. The predicted octanol–water partition coefficient (Wildman–Crippen LogP) is -0.616. The van der Waals surface area contributed by atoms with E-state index in [1.54, 1.807) is 0 Å². The lowest BCUT2D eigenvalue weighted by Gasteiger charge is -2.17. The van der Waals surface area contributed by atoms with E-state index in [-0.39, 0.29) is 11.8 Å². The Bertz CT molecular complexity index is 362. The predicted molar refractivity (Wildman–Crippen MR) is 70.7 cm³/mol. The molecule has 1 aliphatic rings. The minimum absolute atomic E-state index is 0.0422. The van der Waals surface area contributed by atoms with Crippen molar-refractivity contribution in [3.05, 3.63) is 0 Å². The molecular formula is C11H23N3O3S. The Morgan fingerprint density at radius 2 is 2.11 bits per heavy atom. The van der Waals surface area contributed by atoms with E-state index >= 15 is 0 Å². The van der Waals surface area contributed by atoms with E-state index in [2.05, 4.69) is 10.6 Å². The monoisotopic (exact) mass is 277 g/mol. The van der Waals surface area contributed by atoms with Gasteiger partial charge in [0.2, 0.25) is 15.9 Å². The van der Waals surface area contributed by atoms with Crippen LogP contribution in [0, 0.1) is 5.92 Å². The highest BCUT2D eigenvalue weighted by Crippen LogP contribution is 2.13. The molecule has 0 aromatic rings. The molecule has 0 radical (unpaired) electrons. The van der Waals surface area contributed by atoms with Crippen LogP contribution in [0.2, 0.25) is 0 Å². The fraction of sp³-hybridized carbons (Fsp3) is 0.909. The molecule has 6 nitrogen and oxygen atoms in total. The highest BCUT2D eigenvalue weighted by Gasteiger charge is 2.19. The average Bonchev–Trinajstić information content (AvgIpc) is 2.55. The van der Waals surface area contributed by atoms with Crippen LogP contribution in [0.25, 0.3) is 0 Å². The lowest BCUT2D eigenvalue weighted by atomic mass is 10.00. The Labute approximate surface area is 109 Å². The molecule has 2 N–H and O–H groups in total. The Morgan fingerprint density at radius 3 is 2.78 bits per heavy atom. The molecule has 1 aliphatic heterocycles. The fourth-order valence-corrected chi connectivity index (χ4v) is 2.35. The first-order chi connectivity index (χ1) is 8.41. The molecule has 0 aromatic heterocycles. The lowest BCUT2D eigenvalue weighted by molar-refractivity contribution is -0.125. The minimum atomic E-state index is -3.16. The van der Waals surface area contributed by atoms with Gasteiger partial charge in [-0.25, -0.2) is 12.7 Å². The van der Waals surface area contributed by atoms with Crippen molar-refractivity contribution in [3.8, 4) is 0 Å². The third kappa shape index (κ3) is 5.32. The first-order valence-corrected chi connectivity index (χ1v) is 8.16. The van der Waals surface area contributed by atoms with Gasteiger partial charge in [-0.05, 0) is 32.4 Å². The van der Waals surface area contributed by atoms with E-state index in [1.807, 2.05) is 0 Å². The van der Waals surface area contributed by atoms with Gasteiger partial charge in [0.05, 0.1) is 6.26 Å². The summed E-state index contributed by atoms with van der Waals surface area (Å²) < 4.78 is 23.6. The van der Waals surface area contributed by atoms with Gasteiger partial charge < -0.3 is 10.6 Å². The number of hydrogen-bond donors (Lipinski definition) is 2. The van der Waals surface area contributed by atoms with Gasteiger partial charge in [0.15, 0.2) is 0 Å². The summed E-state index contributed by atoms with van der Waals surface area (Å²) in [6, 6.07) is 0. The zero-order valence-electron chi connectivity index (χ0n) is 11.1. The lowest BCUT2D eigenvalue weighted by Crippen LogP contribution is -2.38. The van der Waals surface area contributed by atoms with Gasteiger partial charge in [0, 0.05) is 26.1 Å². The molecule has 1 amide bonds. The highest BCUT2D eigenvalue weighted by molar-refractivity contribution is 7.88. The van der Waals surface area contributed by atoms with Crippen molar-refractivity contribution < 1.29 is 13.2 Å². The number of carbonyl (C=O) groups is 1. The van der Waals surface area contributed by atoms with Gasteiger partial charge in [0.25, 0.3) is 0 Å². The average molecular weight is 277 g/mol. The summed E-state index contributed by atoms with van der Waals surface area (Å²) in [6.07, 6.45) is 3.93. The van der Waals surface area contributed by atoms with Gasteiger partial charge in [-0.15, -0.1) is 0 Å². The highest BCUT2D eigenvalue weighted by atomic mass is 32.2. The number of nitrogens with one attached hydrogen (secondary N) is 2. The van der Waals surface area contributed by atoms with E-state index in [9.17, 15) is 13.2 Å². The summed E-state index contributed by atoms with van der Waals surface area (Å²) in [5.41, 5.74) is 0. The van der Waals surface area contributed by atoms with Gasteiger partial charge in [-0.3, -0.25) is 4.79 Å². The molecule has 1 unspecified atom stereocenters. The van der Waals surface area contributed by atoms with Crippen LogP contribution in [0.4, 0.5) is 0 Å².